The molecule has 2 fully saturated rings. The molecular weight excluding hydrogens is 272 g/mol. The van der Waals surface area contributed by atoms with Crippen LogP contribution in [0.25, 0.3) is 0 Å². The fraction of sp³-hybridized carbons (Fsp3) is 0.786. The molecule has 1 saturated heterocycles. The number of nitrogens with one attached hydrogen (secondary N) is 1. The quantitative estimate of drug-likeness (QED) is 0.918. The molecule has 1 aliphatic carbocycles. The first-order valence-electron chi connectivity index (χ1n) is 7.66. The number of methoxy groups -OCH3 is 1. The Morgan fingerprint density at radius 2 is 2.24 bits per heavy atom. The molecule has 1 aromatic heterocycles. The number of nitrogens with zero attached hydrogens (tertiary/aromatic N) is 3. The molecule has 0 bridgehead atoms. The van der Waals surface area contributed by atoms with Crippen molar-refractivity contribution in [3.05, 3.63) is 11.7 Å². The average molecular weight is 294 g/mol. The number of ether oxygens (including phenoxy) is 1. The van der Waals surface area contributed by atoms with Crippen molar-refractivity contribution in [1.82, 2.24) is 20.4 Å². The molecule has 2 aliphatic rings. The maximum absolute atomic E-state index is 12.4. The molecule has 0 radical (unpaired) electrons. The van der Waals surface area contributed by atoms with Gasteiger partial charge in [0.15, 0.2) is 5.82 Å². The predicted molar refractivity (Wildman–Crippen MR) is 74.5 cm³/mol. The van der Waals surface area contributed by atoms with E-state index in [9.17, 15) is 4.79 Å². The van der Waals surface area contributed by atoms with Gasteiger partial charge < -0.3 is 19.5 Å². The summed E-state index contributed by atoms with van der Waals surface area (Å²) in [6.45, 7) is 1.05. The van der Waals surface area contributed by atoms with E-state index in [4.69, 9.17) is 9.26 Å². The Balaban J connectivity index is 1.74. The number of likely N-dealkylation sites (tertiary alicyclic amines) is 1. The third-order valence-corrected chi connectivity index (χ3v) is 3.97. The second kappa shape index (κ2) is 6.43. The first kappa shape index (κ1) is 14.3. The molecule has 1 atom stereocenters. The standard InChI is InChI=1S/C14H22N4O3/c1-20-9-12-16-13(17-21-12)11-5-3-2-4-8-18(11)14(19)15-10-6-7-10/h10-11H,2-9H2,1H3,(H,15,19). The van der Waals surface area contributed by atoms with Crippen LogP contribution in [0.1, 0.15) is 56.3 Å². The molecule has 1 saturated carbocycles. The van der Waals surface area contributed by atoms with Gasteiger partial charge in [0.2, 0.25) is 0 Å². The summed E-state index contributed by atoms with van der Waals surface area (Å²) in [6.07, 6.45) is 6.29. The summed E-state index contributed by atoms with van der Waals surface area (Å²) in [5.74, 6) is 1.05. The van der Waals surface area contributed by atoms with Crippen LogP contribution in [0, 0.1) is 0 Å². The van der Waals surface area contributed by atoms with Crippen molar-refractivity contribution in [2.24, 2.45) is 0 Å². The highest BCUT2D eigenvalue weighted by Crippen LogP contribution is 2.29. The lowest BCUT2D eigenvalue weighted by Crippen LogP contribution is -2.43. The summed E-state index contributed by atoms with van der Waals surface area (Å²) in [5, 5.41) is 7.10. The van der Waals surface area contributed by atoms with Gasteiger partial charge in [-0.15, -0.1) is 0 Å². The largest absolute Gasteiger partial charge is 0.375 e. The maximum atomic E-state index is 12.4. The minimum atomic E-state index is -0.0967. The van der Waals surface area contributed by atoms with Crippen molar-refractivity contribution < 1.29 is 14.1 Å². The normalized spacial score (nSPS) is 22.9. The minimum absolute atomic E-state index is 0.00231. The molecule has 2 amide bonds. The first-order valence-corrected chi connectivity index (χ1v) is 7.66. The van der Waals surface area contributed by atoms with Gasteiger partial charge in [-0.1, -0.05) is 18.0 Å². The number of urea groups is 1. The Labute approximate surface area is 124 Å². The zero-order valence-corrected chi connectivity index (χ0v) is 12.4. The van der Waals surface area contributed by atoms with Gasteiger partial charge in [-0.3, -0.25) is 0 Å². The van der Waals surface area contributed by atoms with Gasteiger partial charge in [0.25, 0.3) is 5.89 Å². The van der Waals surface area contributed by atoms with Crippen LogP contribution in [0.4, 0.5) is 4.79 Å². The second-order valence-corrected chi connectivity index (χ2v) is 5.76. The topological polar surface area (TPSA) is 80.5 Å². The lowest BCUT2D eigenvalue weighted by Gasteiger charge is -2.27. The summed E-state index contributed by atoms with van der Waals surface area (Å²) in [7, 11) is 1.59. The van der Waals surface area contributed by atoms with Crippen LogP contribution in [0.3, 0.4) is 0 Å². The fourth-order valence-electron chi connectivity index (χ4n) is 2.69. The lowest BCUT2D eigenvalue weighted by molar-refractivity contribution is 0.151. The molecule has 1 N–H and O–H groups in total. The fourth-order valence-corrected chi connectivity index (χ4v) is 2.69. The van der Waals surface area contributed by atoms with Gasteiger partial charge in [0.1, 0.15) is 6.61 Å². The molecule has 7 heteroatoms. The van der Waals surface area contributed by atoms with Gasteiger partial charge in [-0.05, 0) is 25.7 Å². The van der Waals surface area contributed by atoms with E-state index in [1.807, 2.05) is 4.90 Å². The van der Waals surface area contributed by atoms with Crippen molar-refractivity contribution in [2.45, 2.75) is 57.2 Å². The number of hydrogen-bond acceptors (Lipinski definition) is 5. The maximum Gasteiger partial charge on any atom is 0.318 e. The van der Waals surface area contributed by atoms with E-state index in [-0.39, 0.29) is 12.1 Å². The Kier molecular flexibility index (Phi) is 4.38. The van der Waals surface area contributed by atoms with Gasteiger partial charge in [0, 0.05) is 19.7 Å². The SMILES string of the molecule is COCc1nc(C2CCCCCN2C(=O)NC2CC2)no1. The molecule has 1 aliphatic heterocycles. The molecule has 0 spiro atoms. The molecular formula is C14H22N4O3. The smallest absolute Gasteiger partial charge is 0.318 e. The van der Waals surface area contributed by atoms with Crippen LogP contribution < -0.4 is 5.32 Å². The molecule has 2 heterocycles. The summed E-state index contributed by atoms with van der Waals surface area (Å²) >= 11 is 0. The third-order valence-electron chi connectivity index (χ3n) is 3.97. The van der Waals surface area contributed by atoms with Crippen LogP contribution >= 0.6 is 0 Å². The molecule has 1 unspecified atom stereocenters. The molecule has 116 valence electrons. The number of rotatable bonds is 4. The molecule has 0 aromatic carbocycles. The van der Waals surface area contributed by atoms with Crippen LogP contribution in [0.2, 0.25) is 0 Å². The lowest BCUT2D eigenvalue weighted by atomic mass is 10.1. The summed E-state index contributed by atoms with van der Waals surface area (Å²) in [4.78, 5) is 18.7. The minimum Gasteiger partial charge on any atom is -0.375 e. The van der Waals surface area contributed by atoms with Crippen molar-refractivity contribution in [2.75, 3.05) is 13.7 Å². The van der Waals surface area contributed by atoms with E-state index in [0.29, 0.717) is 24.4 Å². The highest BCUT2D eigenvalue weighted by molar-refractivity contribution is 5.75. The number of amides is 2. The number of aromatic nitrogens is 2. The van der Waals surface area contributed by atoms with Crippen molar-refractivity contribution in [3.63, 3.8) is 0 Å². The van der Waals surface area contributed by atoms with Gasteiger partial charge >= 0.3 is 6.03 Å². The summed E-state index contributed by atoms with van der Waals surface area (Å²) < 4.78 is 10.2. The number of carbonyl (C=O) groups is 1. The Morgan fingerprint density at radius 3 is 3.00 bits per heavy atom. The van der Waals surface area contributed by atoms with Crippen molar-refractivity contribution in [3.8, 4) is 0 Å². The molecule has 1 aromatic rings. The third kappa shape index (κ3) is 3.53. The van der Waals surface area contributed by atoms with E-state index >= 15 is 0 Å². The van der Waals surface area contributed by atoms with Crippen molar-refractivity contribution in [1.29, 1.82) is 0 Å². The Bertz CT molecular complexity index is 486. The second-order valence-electron chi connectivity index (χ2n) is 5.76. The van der Waals surface area contributed by atoms with Gasteiger partial charge in [-0.2, -0.15) is 4.98 Å². The summed E-state index contributed by atoms with van der Waals surface area (Å²) in [6, 6.07) is 0.263. The van der Waals surface area contributed by atoms with Gasteiger partial charge in [-0.25, -0.2) is 4.79 Å². The van der Waals surface area contributed by atoms with Gasteiger partial charge in [0.05, 0.1) is 6.04 Å². The van der Waals surface area contributed by atoms with Crippen LogP contribution in [0.15, 0.2) is 4.52 Å². The van der Waals surface area contributed by atoms with Crippen LogP contribution in [-0.2, 0) is 11.3 Å². The van der Waals surface area contributed by atoms with Crippen molar-refractivity contribution >= 4 is 6.03 Å². The number of hydrogen-bond donors (Lipinski definition) is 1. The predicted octanol–water partition coefficient (Wildman–Crippen LogP) is 2.01. The average Bonchev–Trinajstić information content (AvgIpc) is 3.22. The highest BCUT2D eigenvalue weighted by Gasteiger charge is 2.33. The Hall–Kier alpha value is -1.63. The summed E-state index contributed by atoms with van der Waals surface area (Å²) in [5.41, 5.74) is 0. The Morgan fingerprint density at radius 1 is 1.38 bits per heavy atom. The zero-order valence-electron chi connectivity index (χ0n) is 12.4. The zero-order chi connectivity index (χ0) is 14.7. The van der Waals surface area contributed by atoms with Crippen LogP contribution in [0.5, 0.6) is 0 Å². The highest BCUT2D eigenvalue weighted by atomic mass is 16.5. The molecule has 3 rings (SSSR count). The van der Waals surface area contributed by atoms with E-state index in [1.165, 1.54) is 0 Å². The monoisotopic (exact) mass is 294 g/mol. The van der Waals surface area contributed by atoms with E-state index < -0.39 is 0 Å². The van der Waals surface area contributed by atoms with E-state index in [1.54, 1.807) is 7.11 Å². The van der Waals surface area contributed by atoms with E-state index in [0.717, 1.165) is 45.1 Å². The van der Waals surface area contributed by atoms with Crippen LogP contribution in [-0.4, -0.2) is 40.8 Å². The molecule has 7 nitrogen and oxygen atoms in total. The molecule has 21 heavy (non-hydrogen) atoms. The number of carbonyl (C=O) groups excluding carboxylic acids is 1. The van der Waals surface area contributed by atoms with E-state index in [2.05, 4.69) is 15.5 Å². The first-order chi connectivity index (χ1) is 10.3.